The van der Waals surface area contributed by atoms with Gasteiger partial charge < -0.3 is 5.32 Å². The highest BCUT2D eigenvalue weighted by Crippen LogP contribution is 2.23. The number of fused-ring (bicyclic) bond motifs is 4. The first-order valence-electron chi connectivity index (χ1n) is 6.18. The molecule has 0 aliphatic carbocycles. The summed E-state index contributed by atoms with van der Waals surface area (Å²) >= 11 is 0. The third kappa shape index (κ3) is 2.76. The number of hydrogen-bond donors (Lipinski definition) is 1. The van der Waals surface area contributed by atoms with Crippen LogP contribution in [0.15, 0.2) is 0 Å². The normalized spacial score (nSPS) is 31.9. The molecule has 0 unspecified atom stereocenters. The van der Waals surface area contributed by atoms with Crippen LogP contribution in [0, 0.1) is 11.8 Å². The van der Waals surface area contributed by atoms with Gasteiger partial charge in [-0.1, -0.05) is 13.8 Å². The number of rotatable bonds is 3. The molecule has 0 saturated carbocycles. The Labute approximate surface area is 98.4 Å². The van der Waals surface area contributed by atoms with E-state index in [1.54, 1.807) is 4.31 Å². The van der Waals surface area contributed by atoms with Gasteiger partial charge in [0.25, 0.3) is 0 Å². The second kappa shape index (κ2) is 4.63. The fraction of sp³-hybridized carbons (Fsp3) is 1.00. The van der Waals surface area contributed by atoms with Gasteiger partial charge in [0.1, 0.15) is 0 Å². The Morgan fingerprint density at radius 2 is 2.06 bits per heavy atom. The SMILES string of the molecule is CC(C)CS(=O)(=O)N1C[C@H]2CC[C@@H](C1)NC2. The number of piperidine rings is 1. The van der Waals surface area contributed by atoms with E-state index in [0.717, 1.165) is 19.5 Å². The van der Waals surface area contributed by atoms with Gasteiger partial charge in [-0.15, -0.1) is 0 Å². The molecule has 0 spiro atoms. The fourth-order valence-electron chi connectivity index (χ4n) is 2.65. The molecule has 2 atom stereocenters. The van der Waals surface area contributed by atoms with Crippen molar-refractivity contribution < 1.29 is 8.42 Å². The molecule has 4 nitrogen and oxygen atoms in total. The van der Waals surface area contributed by atoms with Crippen molar-refractivity contribution >= 4 is 10.0 Å². The van der Waals surface area contributed by atoms with Crippen molar-refractivity contribution in [2.75, 3.05) is 25.4 Å². The van der Waals surface area contributed by atoms with E-state index >= 15 is 0 Å². The number of nitrogens with one attached hydrogen (secondary N) is 1. The van der Waals surface area contributed by atoms with E-state index in [4.69, 9.17) is 0 Å². The Morgan fingerprint density at radius 3 is 2.62 bits per heavy atom. The van der Waals surface area contributed by atoms with Crippen molar-refractivity contribution in [1.29, 1.82) is 0 Å². The first-order valence-corrected chi connectivity index (χ1v) is 7.79. The maximum atomic E-state index is 12.2. The molecule has 2 bridgehead atoms. The molecule has 5 heteroatoms. The zero-order chi connectivity index (χ0) is 11.8. The highest BCUT2D eigenvalue weighted by atomic mass is 32.2. The Morgan fingerprint density at radius 1 is 1.31 bits per heavy atom. The third-order valence-electron chi connectivity index (χ3n) is 3.44. The number of nitrogens with zero attached hydrogens (tertiary/aromatic N) is 1. The minimum atomic E-state index is -3.04. The predicted molar refractivity (Wildman–Crippen MR) is 64.7 cm³/mol. The molecule has 16 heavy (non-hydrogen) atoms. The molecule has 0 aromatic carbocycles. The van der Waals surface area contributed by atoms with Gasteiger partial charge in [0.15, 0.2) is 0 Å². The zero-order valence-electron chi connectivity index (χ0n) is 10.1. The van der Waals surface area contributed by atoms with Crippen LogP contribution in [0.5, 0.6) is 0 Å². The minimum Gasteiger partial charge on any atom is -0.312 e. The molecule has 1 N–H and O–H groups in total. The van der Waals surface area contributed by atoms with Crippen LogP contribution in [0.1, 0.15) is 26.7 Å². The Bertz CT molecular complexity index is 318. The van der Waals surface area contributed by atoms with E-state index in [1.807, 2.05) is 13.8 Å². The van der Waals surface area contributed by atoms with E-state index in [9.17, 15) is 8.42 Å². The third-order valence-corrected chi connectivity index (χ3v) is 5.61. The van der Waals surface area contributed by atoms with Gasteiger partial charge in [-0.2, -0.15) is 0 Å². The molecule has 0 aromatic heterocycles. The van der Waals surface area contributed by atoms with Gasteiger partial charge in [0, 0.05) is 19.1 Å². The van der Waals surface area contributed by atoms with Crippen LogP contribution >= 0.6 is 0 Å². The Hall–Kier alpha value is -0.130. The molecule has 3 heterocycles. The Kier molecular flexibility index (Phi) is 3.56. The average Bonchev–Trinajstić information content (AvgIpc) is 2.48. The summed E-state index contributed by atoms with van der Waals surface area (Å²) in [6.07, 6.45) is 2.30. The molecular formula is C11H22N2O2S. The Balaban J connectivity index is 2.09. The van der Waals surface area contributed by atoms with Crippen LogP contribution in [0.25, 0.3) is 0 Å². The number of sulfonamides is 1. The first-order chi connectivity index (χ1) is 7.47. The monoisotopic (exact) mass is 246 g/mol. The molecule has 94 valence electrons. The molecule has 0 aromatic rings. The minimum absolute atomic E-state index is 0.207. The van der Waals surface area contributed by atoms with Crippen LogP contribution in [-0.2, 0) is 10.0 Å². The van der Waals surface area contributed by atoms with Gasteiger partial charge in [-0.3, -0.25) is 0 Å². The van der Waals surface area contributed by atoms with E-state index in [0.29, 0.717) is 18.5 Å². The van der Waals surface area contributed by atoms with Gasteiger partial charge in [-0.25, -0.2) is 12.7 Å². The summed E-state index contributed by atoms with van der Waals surface area (Å²) in [5.74, 6) is 1.01. The quantitative estimate of drug-likeness (QED) is 0.796. The van der Waals surface area contributed by atoms with Crippen molar-refractivity contribution in [2.45, 2.75) is 32.7 Å². The van der Waals surface area contributed by atoms with Gasteiger partial charge in [0.05, 0.1) is 5.75 Å². The van der Waals surface area contributed by atoms with Crippen LogP contribution in [0.4, 0.5) is 0 Å². The second-order valence-electron chi connectivity index (χ2n) is 5.54. The molecular weight excluding hydrogens is 224 g/mol. The molecule has 3 fully saturated rings. The molecule has 3 rings (SSSR count). The summed E-state index contributed by atoms with van der Waals surface area (Å²) in [5.41, 5.74) is 0. The number of hydrogen-bond acceptors (Lipinski definition) is 3. The molecule has 3 aliphatic heterocycles. The highest BCUT2D eigenvalue weighted by molar-refractivity contribution is 7.89. The molecule has 3 saturated heterocycles. The second-order valence-corrected chi connectivity index (χ2v) is 7.55. The van der Waals surface area contributed by atoms with Crippen molar-refractivity contribution in [3.63, 3.8) is 0 Å². The van der Waals surface area contributed by atoms with Gasteiger partial charge >= 0.3 is 0 Å². The summed E-state index contributed by atoms with van der Waals surface area (Å²) in [4.78, 5) is 0. The van der Waals surface area contributed by atoms with E-state index in [-0.39, 0.29) is 11.7 Å². The van der Waals surface area contributed by atoms with Gasteiger partial charge in [0.2, 0.25) is 10.0 Å². The van der Waals surface area contributed by atoms with Crippen LogP contribution < -0.4 is 5.32 Å². The lowest BCUT2D eigenvalue weighted by molar-refractivity contribution is 0.356. The van der Waals surface area contributed by atoms with Gasteiger partial charge in [-0.05, 0) is 31.2 Å². The predicted octanol–water partition coefficient (Wildman–Crippen LogP) is 0.656. The maximum Gasteiger partial charge on any atom is 0.214 e. The lowest BCUT2D eigenvalue weighted by atomic mass is 9.97. The smallest absolute Gasteiger partial charge is 0.214 e. The zero-order valence-corrected chi connectivity index (χ0v) is 11.0. The lowest BCUT2D eigenvalue weighted by Gasteiger charge is -2.23. The highest BCUT2D eigenvalue weighted by Gasteiger charge is 2.34. The molecule has 0 amide bonds. The van der Waals surface area contributed by atoms with Crippen molar-refractivity contribution in [3.05, 3.63) is 0 Å². The van der Waals surface area contributed by atoms with Crippen LogP contribution in [0.3, 0.4) is 0 Å². The lowest BCUT2D eigenvalue weighted by Crippen LogP contribution is -2.41. The molecule has 3 aliphatic rings. The maximum absolute atomic E-state index is 12.2. The van der Waals surface area contributed by atoms with Crippen molar-refractivity contribution in [2.24, 2.45) is 11.8 Å². The summed E-state index contributed by atoms with van der Waals surface area (Å²) < 4.78 is 26.0. The van der Waals surface area contributed by atoms with Crippen molar-refractivity contribution in [3.8, 4) is 0 Å². The van der Waals surface area contributed by atoms with E-state index in [1.165, 1.54) is 6.42 Å². The van der Waals surface area contributed by atoms with E-state index in [2.05, 4.69) is 5.32 Å². The van der Waals surface area contributed by atoms with Crippen LogP contribution in [-0.4, -0.2) is 44.2 Å². The summed E-state index contributed by atoms with van der Waals surface area (Å²) in [5, 5.41) is 3.43. The first kappa shape index (κ1) is 12.3. The fourth-order valence-corrected chi connectivity index (χ4v) is 4.55. The van der Waals surface area contributed by atoms with Crippen molar-refractivity contribution in [1.82, 2.24) is 9.62 Å². The largest absolute Gasteiger partial charge is 0.312 e. The standard InChI is InChI=1S/C11H22N2O2S/c1-9(2)8-16(14,15)13-6-10-3-4-11(7-13)12-5-10/h9-12H,3-8H2,1-2H3/t10-,11-/m0/s1. The van der Waals surface area contributed by atoms with E-state index < -0.39 is 10.0 Å². The topological polar surface area (TPSA) is 49.4 Å². The van der Waals surface area contributed by atoms with Crippen LogP contribution in [0.2, 0.25) is 0 Å². The molecule has 0 radical (unpaired) electrons. The summed E-state index contributed by atoms with van der Waals surface area (Å²) in [6.45, 7) is 6.30. The summed E-state index contributed by atoms with van der Waals surface area (Å²) in [6, 6.07) is 0.376. The summed E-state index contributed by atoms with van der Waals surface area (Å²) in [7, 11) is -3.04. The average molecular weight is 246 g/mol.